The summed E-state index contributed by atoms with van der Waals surface area (Å²) in [5, 5.41) is 0. The van der Waals surface area contributed by atoms with E-state index in [2.05, 4.69) is 22.8 Å². The smallest absolute Gasteiger partial charge is 0.161 e. The lowest BCUT2D eigenvalue weighted by atomic mass is 9.97. The van der Waals surface area contributed by atoms with Crippen molar-refractivity contribution in [3.05, 3.63) is 46.3 Å². The molecule has 2 aromatic rings. The zero-order valence-electron chi connectivity index (χ0n) is 12.9. The Bertz CT molecular complexity index is 773. The molecular formula is C18H19NO3. The standard InChI is InChI=1S/C18H19NO3/c1-21-17-7-12-6-14-5-11-3-4-15(20)9-16(11)19(14)10-13(12)8-18(17)22-2/h5,7-8H,3-4,6,9-10H2,1-2H3. The number of rotatable bonds is 2. The molecule has 0 spiro atoms. The molecule has 0 unspecified atom stereocenters. The Kier molecular flexibility index (Phi) is 2.99. The molecule has 22 heavy (non-hydrogen) atoms. The van der Waals surface area contributed by atoms with Crippen LogP contribution in [0.15, 0.2) is 18.2 Å². The van der Waals surface area contributed by atoms with Crippen LogP contribution >= 0.6 is 0 Å². The number of methoxy groups -OCH3 is 2. The van der Waals surface area contributed by atoms with Crippen LogP contribution in [0.4, 0.5) is 0 Å². The summed E-state index contributed by atoms with van der Waals surface area (Å²) in [6.45, 7) is 0.813. The van der Waals surface area contributed by atoms with Crippen LogP contribution in [0.2, 0.25) is 0 Å². The minimum atomic E-state index is 0.353. The van der Waals surface area contributed by atoms with Gasteiger partial charge in [-0.3, -0.25) is 4.79 Å². The number of ether oxygens (including phenoxy) is 2. The number of aryl methyl sites for hydroxylation is 1. The fourth-order valence-electron chi connectivity index (χ4n) is 3.67. The second-order valence-electron chi connectivity index (χ2n) is 6.06. The van der Waals surface area contributed by atoms with E-state index in [-0.39, 0.29) is 0 Å². The largest absolute Gasteiger partial charge is 0.493 e. The fourth-order valence-corrected chi connectivity index (χ4v) is 3.67. The molecule has 114 valence electrons. The molecule has 4 heteroatoms. The molecule has 2 aliphatic rings. The summed E-state index contributed by atoms with van der Waals surface area (Å²) in [6, 6.07) is 6.42. The van der Waals surface area contributed by atoms with E-state index in [0.29, 0.717) is 18.6 Å². The summed E-state index contributed by atoms with van der Waals surface area (Å²) in [4.78, 5) is 11.8. The molecule has 0 radical (unpaired) electrons. The van der Waals surface area contributed by atoms with Crippen molar-refractivity contribution < 1.29 is 14.3 Å². The van der Waals surface area contributed by atoms with Gasteiger partial charge in [0.05, 0.1) is 14.2 Å². The number of fused-ring (bicyclic) bond motifs is 4. The highest BCUT2D eigenvalue weighted by atomic mass is 16.5. The third-order valence-electron chi connectivity index (χ3n) is 4.83. The van der Waals surface area contributed by atoms with Crippen molar-refractivity contribution in [3.63, 3.8) is 0 Å². The highest BCUT2D eigenvalue weighted by Crippen LogP contribution is 2.36. The Morgan fingerprint density at radius 1 is 0.909 bits per heavy atom. The molecule has 0 fully saturated rings. The van der Waals surface area contributed by atoms with Crippen LogP contribution in [0.5, 0.6) is 11.5 Å². The Morgan fingerprint density at radius 3 is 2.36 bits per heavy atom. The zero-order chi connectivity index (χ0) is 15.3. The summed E-state index contributed by atoms with van der Waals surface area (Å²) in [7, 11) is 3.33. The van der Waals surface area contributed by atoms with Crippen molar-refractivity contribution in [2.45, 2.75) is 32.2 Å². The second-order valence-corrected chi connectivity index (χ2v) is 6.06. The maximum Gasteiger partial charge on any atom is 0.161 e. The molecule has 0 N–H and O–H groups in total. The lowest BCUT2D eigenvalue weighted by Crippen LogP contribution is -2.20. The van der Waals surface area contributed by atoms with E-state index >= 15 is 0 Å². The van der Waals surface area contributed by atoms with Crippen molar-refractivity contribution in [3.8, 4) is 11.5 Å². The molecule has 1 aromatic carbocycles. The minimum Gasteiger partial charge on any atom is -0.493 e. The predicted molar refractivity (Wildman–Crippen MR) is 82.9 cm³/mol. The first-order chi connectivity index (χ1) is 10.7. The third kappa shape index (κ3) is 1.94. The Labute approximate surface area is 129 Å². The Morgan fingerprint density at radius 2 is 1.64 bits per heavy atom. The normalized spacial score (nSPS) is 15.8. The highest BCUT2D eigenvalue weighted by molar-refractivity contribution is 5.83. The van der Waals surface area contributed by atoms with Gasteiger partial charge in [-0.25, -0.2) is 0 Å². The van der Waals surface area contributed by atoms with Gasteiger partial charge in [-0.1, -0.05) is 0 Å². The zero-order valence-corrected chi connectivity index (χ0v) is 12.9. The summed E-state index contributed by atoms with van der Waals surface area (Å²) in [6.07, 6.45) is 3.04. The van der Waals surface area contributed by atoms with Gasteiger partial charge >= 0.3 is 0 Å². The van der Waals surface area contributed by atoms with Gasteiger partial charge in [0.15, 0.2) is 11.5 Å². The molecule has 1 aliphatic carbocycles. The number of benzene rings is 1. The molecule has 0 bridgehead atoms. The third-order valence-corrected chi connectivity index (χ3v) is 4.83. The first kappa shape index (κ1) is 13.4. The van der Waals surface area contributed by atoms with E-state index in [4.69, 9.17) is 9.47 Å². The summed E-state index contributed by atoms with van der Waals surface area (Å²) < 4.78 is 13.1. The lowest BCUT2D eigenvalue weighted by molar-refractivity contribution is -0.118. The van der Waals surface area contributed by atoms with Crippen LogP contribution in [0.1, 0.15) is 34.5 Å². The van der Waals surface area contributed by atoms with Crippen LogP contribution in [0.3, 0.4) is 0 Å². The van der Waals surface area contributed by atoms with Gasteiger partial charge in [-0.05, 0) is 41.3 Å². The number of hydrogen-bond acceptors (Lipinski definition) is 3. The average Bonchev–Trinajstić information content (AvgIpc) is 2.88. The molecule has 4 nitrogen and oxygen atoms in total. The van der Waals surface area contributed by atoms with Gasteiger partial charge in [0, 0.05) is 37.2 Å². The minimum absolute atomic E-state index is 0.353. The predicted octanol–water partition coefficient (Wildman–Crippen LogP) is 2.52. The quantitative estimate of drug-likeness (QED) is 0.730. The van der Waals surface area contributed by atoms with Crippen LogP contribution in [0.25, 0.3) is 0 Å². The molecule has 1 aliphatic heterocycles. The van der Waals surface area contributed by atoms with E-state index in [1.54, 1.807) is 14.2 Å². The number of hydrogen-bond donors (Lipinski definition) is 0. The first-order valence-electron chi connectivity index (χ1n) is 7.65. The van der Waals surface area contributed by atoms with Crippen molar-refractivity contribution in [1.82, 2.24) is 4.57 Å². The number of Topliss-reactive ketones (excluding diaryl/α,β-unsaturated/α-hetero) is 1. The van der Waals surface area contributed by atoms with Gasteiger partial charge in [0.1, 0.15) is 5.78 Å². The molecule has 0 atom stereocenters. The number of aromatic nitrogens is 1. The molecule has 0 saturated carbocycles. The molecular weight excluding hydrogens is 278 g/mol. The van der Waals surface area contributed by atoms with Crippen molar-refractivity contribution in [2.75, 3.05) is 14.2 Å². The van der Waals surface area contributed by atoms with Crippen LogP contribution in [0, 0.1) is 0 Å². The van der Waals surface area contributed by atoms with Gasteiger partial charge in [0.2, 0.25) is 0 Å². The molecule has 0 amide bonds. The number of carbonyl (C=O) groups excluding carboxylic acids is 1. The molecule has 0 saturated heterocycles. The summed E-state index contributed by atoms with van der Waals surface area (Å²) in [5.41, 5.74) is 6.40. The van der Waals surface area contributed by atoms with Gasteiger partial charge in [-0.15, -0.1) is 0 Å². The van der Waals surface area contributed by atoms with E-state index < -0.39 is 0 Å². The Balaban J connectivity index is 1.78. The number of ketones is 1. The molecule has 1 aromatic heterocycles. The summed E-state index contributed by atoms with van der Waals surface area (Å²) >= 11 is 0. The Hall–Kier alpha value is -2.23. The molecule has 2 heterocycles. The summed E-state index contributed by atoms with van der Waals surface area (Å²) in [5.74, 6) is 1.90. The first-order valence-corrected chi connectivity index (χ1v) is 7.65. The van der Waals surface area contributed by atoms with E-state index in [1.165, 1.54) is 28.1 Å². The van der Waals surface area contributed by atoms with Gasteiger partial charge in [0.25, 0.3) is 0 Å². The maximum absolute atomic E-state index is 11.8. The molecule has 4 rings (SSSR count). The maximum atomic E-state index is 11.8. The van der Waals surface area contributed by atoms with Gasteiger partial charge < -0.3 is 14.0 Å². The number of nitrogens with zero attached hydrogens (tertiary/aromatic N) is 1. The van der Waals surface area contributed by atoms with Crippen LogP contribution < -0.4 is 9.47 Å². The topological polar surface area (TPSA) is 40.5 Å². The highest BCUT2D eigenvalue weighted by Gasteiger charge is 2.26. The fraction of sp³-hybridized carbons (Fsp3) is 0.389. The van der Waals surface area contributed by atoms with E-state index in [0.717, 1.165) is 30.9 Å². The SMILES string of the molecule is COc1cc2c(cc1OC)Cn1c(cc3c1CC(=O)CC3)C2. The van der Waals surface area contributed by atoms with Crippen molar-refractivity contribution in [1.29, 1.82) is 0 Å². The van der Waals surface area contributed by atoms with E-state index in [1.807, 2.05) is 0 Å². The van der Waals surface area contributed by atoms with Crippen molar-refractivity contribution >= 4 is 5.78 Å². The van der Waals surface area contributed by atoms with Gasteiger partial charge in [-0.2, -0.15) is 0 Å². The number of carbonyl (C=O) groups is 1. The monoisotopic (exact) mass is 297 g/mol. The van der Waals surface area contributed by atoms with E-state index in [9.17, 15) is 4.79 Å². The average molecular weight is 297 g/mol. The van der Waals surface area contributed by atoms with Crippen LogP contribution in [-0.4, -0.2) is 24.6 Å². The second kappa shape index (κ2) is 4.90. The lowest BCUT2D eigenvalue weighted by Gasteiger charge is -2.24. The van der Waals surface area contributed by atoms with Crippen molar-refractivity contribution in [2.24, 2.45) is 0 Å². The van der Waals surface area contributed by atoms with Crippen LogP contribution in [-0.2, 0) is 30.6 Å².